The highest BCUT2D eigenvalue weighted by atomic mass is 16.3. The second-order valence-electron chi connectivity index (χ2n) is 9.04. The first-order chi connectivity index (χ1) is 9.56. The first-order valence-electron chi connectivity index (χ1n) is 9.24. The van der Waals surface area contributed by atoms with Crippen molar-refractivity contribution in [3.8, 4) is 0 Å². The van der Waals surface area contributed by atoms with Crippen molar-refractivity contribution in [2.24, 2.45) is 34.5 Å². The predicted octanol–water partition coefficient (Wildman–Crippen LogP) is 4.78. The molecule has 0 aromatic carbocycles. The molecule has 0 radical (unpaired) electrons. The third-order valence-corrected chi connectivity index (χ3v) is 8.53. The molecule has 4 rings (SSSR count). The van der Waals surface area contributed by atoms with Gasteiger partial charge in [0.05, 0.1) is 6.10 Å². The number of aliphatic hydroxyl groups is 1. The van der Waals surface area contributed by atoms with E-state index in [-0.39, 0.29) is 11.5 Å². The molecule has 0 saturated heterocycles. The number of hydrogen-bond donors (Lipinski definition) is 1. The van der Waals surface area contributed by atoms with Crippen LogP contribution in [-0.2, 0) is 0 Å². The number of fused-ring (bicyclic) bond motifs is 5. The van der Waals surface area contributed by atoms with Crippen molar-refractivity contribution in [3.63, 3.8) is 0 Å². The molecular formula is C19H32O. The molecule has 1 heteroatoms. The van der Waals surface area contributed by atoms with Crippen molar-refractivity contribution >= 4 is 0 Å². The lowest BCUT2D eigenvalue weighted by Crippen LogP contribution is -2.53. The van der Waals surface area contributed by atoms with E-state index in [0.29, 0.717) is 5.41 Å². The fourth-order valence-electron chi connectivity index (χ4n) is 7.27. The molecule has 0 amide bonds. The van der Waals surface area contributed by atoms with E-state index >= 15 is 0 Å². The topological polar surface area (TPSA) is 20.2 Å². The second-order valence-corrected chi connectivity index (χ2v) is 9.04. The Hall–Kier alpha value is -0.0400. The standard InChI is InChI=1S/C19H32O/c1-18-11-4-3-5-13(18)6-7-14-15-8-9-17(20)19(15,2)12-10-16(14)18/h13-17,20H,3-12H2,1-2H3/t13-,14-,15?,16?,17?,18-,19-/m0/s1. The lowest BCUT2D eigenvalue weighted by Gasteiger charge is -2.60. The van der Waals surface area contributed by atoms with E-state index in [2.05, 4.69) is 13.8 Å². The normalized spacial score (nSPS) is 58.6. The molecular weight excluding hydrogens is 244 g/mol. The van der Waals surface area contributed by atoms with Crippen molar-refractivity contribution < 1.29 is 5.11 Å². The Morgan fingerprint density at radius 3 is 2.40 bits per heavy atom. The highest BCUT2D eigenvalue weighted by Gasteiger charge is 2.59. The Morgan fingerprint density at radius 2 is 1.55 bits per heavy atom. The van der Waals surface area contributed by atoms with E-state index in [4.69, 9.17) is 0 Å². The quantitative estimate of drug-likeness (QED) is 0.675. The average molecular weight is 276 g/mol. The summed E-state index contributed by atoms with van der Waals surface area (Å²) in [5, 5.41) is 10.5. The zero-order chi connectivity index (χ0) is 14.0. The molecule has 0 heterocycles. The zero-order valence-corrected chi connectivity index (χ0v) is 13.4. The summed E-state index contributed by atoms with van der Waals surface area (Å²) < 4.78 is 0. The van der Waals surface area contributed by atoms with Crippen LogP contribution < -0.4 is 0 Å². The minimum absolute atomic E-state index is 0.00895. The Bertz CT molecular complexity index is 391. The summed E-state index contributed by atoms with van der Waals surface area (Å²) in [6.07, 6.45) is 14.0. The molecule has 4 fully saturated rings. The van der Waals surface area contributed by atoms with Crippen molar-refractivity contribution in [1.82, 2.24) is 0 Å². The van der Waals surface area contributed by atoms with Crippen LogP contribution in [0.3, 0.4) is 0 Å². The highest BCUT2D eigenvalue weighted by molar-refractivity contribution is 5.08. The van der Waals surface area contributed by atoms with Crippen LogP contribution in [0.15, 0.2) is 0 Å². The van der Waals surface area contributed by atoms with Gasteiger partial charge in [-0.15, -0.1) is 0 Å². The monoisotopic (exact) mass is 276 g/mol. The van der Waals surface area contributed by atoms with Gasteiger partial charge in [-0.25, -0.2) is 0 Å². The van der Waals surface area contributed by atoms with Crippen molar-refractivity contribution in [3.05, 3.63) is 0 Å². The fraction of sp³-hybridized carbons (Fsp3) is 1.00. The van der Waals surface area contributed by atoms with Crippen LogP contribution in [-0.4, -0.2) is 11.2 Å². The summed E-state index contributed by atoms with van der Waals surface area (Å²) in [6.45, 7) is 5.04. The van der Waals surface area contributed by atoms with Crippen LogP contribution in [0.25, 0.3) is 0 Å². The number of rotatable bonds is 0. The van der Waals surface area contributed by atoms with Gasteiger partial charge in [0, 0.05) is 0 Å². The van der Waals surface area contributed by atoms with Gasteiger partial charge in [-0.05, 0) is 85.9 Å². The van der Waals surface area contributed by atoms with Crippen LogP contribution in [0.4, 0.5) is 0 Å². The van der Waals surface area contributed by atoms with Crippen molar-refractivity contribution in [1.29, 1.82) is 0 Å². The maximum Gasteiger partial charge on any atom is 0.0596 e. The molecule has 4 aliphatic carbocycles. The Labute approximate surface area is 124 Å². The number of aliphatic hydroxyl groups excluding tert-OH is 1. The summed E-state index contributed by atoms with van der Waals surface area (Å²) in [5.74, 6) is 3.76. The lowest BCUT2D eigenvalue weighted by atomic mass is 9.45. The summed E-state index contributed by atoms with van der Waals surface area (Å²) >= 11 is 0. The van der Waals surface area contributed by atoms with Gasteiger partial charge in [0.25, 0.3) is 0 Å². The summed E-state index contributed by atoms with van der Waals surface area (Å²) in [7, 11) is 0. The van der Waals surface area contributed by atoms with Gasteiger partial charge < -0.3 is 5.11 Å². The molecule has 3 unspecified atom stereocenters. The second kappa shape index (κ2) is 4.48. The molecule has 1 N–H and O–H groups in total. The van der Waals surface area contributed by atoms with Gasteiger partial charge in [-0.2, -0.15) is 0 Å². The molecule has 0 spiro atoms. The van der Waals surface area contributed by atoms with E-state index in [1.165, 1.54) is 57.8 Å². The van der Waals surface area contributed by atoms with Crippen LogP contribution in [0, 0.1) is 34.5 Å². The van der Waals surface area contributed by atoms with Crippen LogP contribution in [0.1, 0.15) is 78.1 Å². The van der Waals surface area contributed by atoms with E-state index in [1.807, 2.05) is 0 Å². The maximum absolute atomic E-state index is 10.5. The maximum atomic E-state index is 10.5. The molecule has 0 aromatic heterocycles. The predicted molar refractivity (Wildman–Crippen MR) is 82.4 cm³/mol. The Balaban J connectivity index is 1.64. The van der Waals surface area contributed by atoms with Gasteiger partial charge in [0.15, 0.2) is 0 Å². The average Bonchev–Trinajstić information content (AvgIpc) is 2.74. The Morgan fingerprint density at radius 1 is 0.750 bits per heavy atom. The molecule has 4 aliphatic rings. The Kier molecular flexibility index (Phi) is 3.05. The molecule has 4 saturated carbocycles. The van der Waals surface area contributed by atoms with E-state index in [9.17, 15) is 5.11 Å². The molecule has 7 atom stereocenters. The third-order valence-electron chi connectivity index (χ3n) is 8.53. The molecule has 0 aromatic rings. The first-order valence-corrected chi connectivity index (χ1v) is 9.24. The third kappa shape index (κ3) is 1.65. The van der Waals surface area contributed by atoms with Crippen LogP contribution in [0.2, 0.25) is 0 Å². The number of hydrogen-bond acceptors (Lipinski definition) is 1. The lowest BCUT2D eigenvalue weighted by molar-refractivity contribution is -0.120. The first kappa shape index (κ1) is 13.6. The van der Waals surface area contributed by atoms with Gasteiger partial charge in [-0.3, -0.25) is 0 Å². The van der Waals surface area contributed by atoms with Gasteiger partial charge >= 0.3 is 0 Å². The van der Waals surface area contributed by atoms with E-state index in [0.717, 1.165) is 30.1 Å². The van der Waals surface area contributed by atoms with Crippen LogP contribution in [0.5, 0.6) is 0 Å². The molecule has 0 aliphatic heterocycles. The smallest absolute Gasteiger partial charge is 0.0596 e. The minimum Gasteiger partial charge on any atom is -0.393 e. The fourth-order valence-corrected chi connectivity index (χ4v) is 7.27. The minimum atomic E-state index is -0.00895. The summed E-state index contributed by atoms with van der Waals surface area (Å²) in [6, 6.07) is 0. The van der Waals surface area contributed by atoms with Crippen molar-refractivity contribution in [2.45, 2.75) is 84.2 Å². The summed E-state index contributed by atoms with van der Waals surface area (Å²) in [4.78, 5) is 0. The van der Waals surface area contributed by atoms with Crippen LogP contribution >= 0.6 is 0 Å². The van der Waals surface area contributed by atoms with Gasteiger partial charge in [0.1, 0.15) is 0 Å². The molecule has 20 heavy (non-hydrogen) atoms. The van der Waals surface area contributed by atoms with Gasteiger partial charge in [0.2, 0.25) is 0 Å². The van der Waals surface area contributed by atoms with E-state index < -0.39 is 0 Å². The largest absolute Gasteiger partial charge is 0.393 e. The highest BCUT2D eigenvalue weighted by Crippen LogP contribution is 2.66. The van der Waals surface area contributed by atoms with E-state index in [1.54, 1.807) is 0 Å². The molecule has 1 nitrogen and oxygen atoms in total. The SMILES string of the molecule is C[C@]12CCC3[C@@H](CC[C@@H]4CCCC[C@]34C)C1CCC2O. The molecule has 0 bridgehead atoms. The summed E-state index contributed by atoms with van der Waals surface area (Å²) in [5.41, 5.74) is 0.912. The van der Waals surface area contributed by atoms with Gasteiger partial charge in [-0.1, -0.05) is 26.7 Å². The molecule has 114 valence electrons. The van der Waals surface area contributed by atoms with Crippen molar-refractivity contribution in [2.75, 3.05) is 0 Å². The zero-order valence-electron chi connectivity index (χ0n) is 13.4.